The minimum absolute atomic E-state index is 0.0396. The van der Waals surface area contributed by atoms with Crippen molar-refractivity contribution in [3.63, 3.8) is 0 Å². The smallest absolute Gasteiger partial charge is 0.219 e. The number of hydrogen-bond acceptors (Lipinski definition) is 4. The molecule has 4 nitrogen and oxygen atoms in total. The van der Waals surface area contributed by atoms with E-state index in [2.05, 4.69) is 31.4 Å². The summed E-state index contributed by atoms with van der Waals surface area (Å²) in [6, 6.07) is 17.7. The number of ether oxygens (including phenoxy) is 1. The van der Waals surface area contributed by atoms with E-state index in [9.17, 15) is 9.90 Å². The fourth-order valence-electron chi connectivity index (χ4n) is 3.82. The second-order valence-electron chi connectivity index (χ2n) is 7.78. The van der Waals surface area contributed by atoms with Crippen molar-refractivity contribution in [3.8, 4) is 0 Å². The SMILES string of the molecule is CC[C@H](C)[C@@H](C(O)OCc1ccccc1)N(CCc1csc2ccccc12)C(C)=O. The number of rotatable bonds is 10. The van der Waals surface area contributed by atoms with E-state index < -0.39 is 6.29 Å². The van der Waals surface area contributed by atoms with Crippen molar-refractivity contribution < 1.29 is 14.6 Å². The fourth-order valence-corrected chi connectivity index (χ4v) is 4.82. The molecule has 0 saturated heterocycles. The molecule has 3 aromatic rings. The topological polar surface area (TPSA) is 49.8 Å². The average Bonchev–Trinajstić information content (AvgIpc) is 3.18. The Bertz CT molecular complexity index is 940. The molecule has 0 aliphatic heterocycles. The summed E-state index contributed by atoms with van der Waals surface area (Å²) in [5, 5.41) is 14.3. The number of aliphatic hydroxyl groups excluding tert-OH is 1. The lowest BCUT2D eigenvalue weighted by atomic mass is 9.96. The highest BCUT2D eigenvalue weighted by atomic mass is 32.1. The summed E-state index contributed by atoms with van der Waals surface area (Å²) in [6.45, 7) is 6.58. The van der Waals surface area contributed by atoms with Gasteiger partial charge < -0.3 is 14.7 Å². The van der Waals surface area contributed by atoms with E-state index in [0.717, 1.165) is 18.4 Å². The van der Waals surface area contributed by atoms with Crippen LogP contribution in [0.3, 0.4) is 0 Å². The van der Waals surface area contributed by atoms with Crippen molar-refractivity contribution in [2.24, 2.45) is 5.92 Å². The molecule has 3 rings (SSSR count). The van der Waals surface area contributed by atoms with Gasteiger partial charge in [0.2, 0.25) is 5.91 Å². The van der Waals surface area contributed by atoms with Crippen molar-refractivity contribution in [1.82, 2.24) is 4.90 Å². The van der Waals surface area contributed by atoms with Gasteiger partial charge in [0.15, 0.2) is 6.29 Å². The van der Waals surface area contributed by atoms with Crippen molar-refractivity contribution in [1.29, 1.82) is 0 Å². The van der Waals surface area contributed by atoms with E-state index in [-0.39, 0.29) is 17.9 Å². The Labute approximate surface area is 183 Å². The van der Waals surface area contributed by atoms with Gasteiger partial charge in [-0.05, 0) is 40.3 Å². The Hall–Kier alpha value is -2.21. The molecule has 0 bridgehead atoms. The maximum Gasteiger partial charge on any atom is 0.219 e. The van der Waals surface area contributed by atoms with Gasteiger partial charge in [-0.1, -0.05) is 68.8 Å². The van der Waals surface area contributed by atoms with Crippen LogP contribution in [0.5, 0.6) is 0 Å². The minimum Gasteiger partial charge on any atom is -0.366 e. The van der Waals surface area contributed by atoms with Gasteiger partial charge in [0.25, 0.3) is 0 Å². The highest BCUT2D eigenvalue weighted by Crippen LogP contribution is 2.27. The summed E-state index contributed by atoms with van der Waals surface area (Å²) in [6.07, 6.45) is 0.562. The Balaban J connectivity index is 1.73. The summed E-state index contributed by atoms with van der Waals surface area (Å²) in [5.41, 5.74) is 2.24. The number of hydrogen-bond donors (Lipinski definition) is 1. The lowest BCUT2D eigenvalue weighted by molar-refractivity contribution is -0.172. The number of aliphatic hydroxyl groups is 1. The molecule has 1 unspecified atom stereocenters. The van der Waals surface area contributed by atoms with Crippen LogP contribution in [-0.4, -0.2) is 34.8 Å². The van der Waals surface area contributed by atoms with Gasteiger partial charge in [-0.25, -0.2) is 0 Å². The predicted molar refractivity (Wildman–Crippen MR) is 123 cm³/mol. The van der Waals surface area contributed by atoms with Crippen LogP contribution in [-0.2, 0) is 22.6 Å². The van der Waals surface area contributed by atoms with E-state index in [1.165, 1.54) is 15.6 Å². The largest absolute Gasteiger partial charge is 0.366 e. The number of benzene rings is 2. The van der Waals surface area contributed by atoms with Gasteiger partial charge >= 0.3 is 0 Å². The van der Waals surface area contributed by atoms with Crippen LogP contribution in [0.25, 0.3) is 10.1 Å². The van der Waals surface area contributed by atoms with Crippen LogP contribution < -0.4 is 0 Å². The molecular weight excluding hydrogens is 394 g/mol. The standard InChI is InChI=1S/C25H31NO3S/c1-4-18(2)24(25(28)29-16-20-10-6-5-7-11-20)26(19(3)27)15-14-21-17-30-23-13-9-8-12-22(21)23/h5-13,17-18,24-25,28H,4,14-16H2,1-3H3/t18-,24-,25?/m0/s1. The number of thiophene rings is 1. The highest BCUT2D eigenvalue weighted by Gasteiger charge is 2.32. The molecule has 1 heterocycles. The summed E-state index contributed by atoms with van der Waals surface area (Å²) in [7, 11) is 0. The first kappa shape index (κ1) is 22.5. The molecule has 30 heavy (non-hydrogen) atoms. The van der Waals surface area contributed by atoms with Gasteiger partial charge in [0.1, 0.15) is 0 Å². The third-order valence-electron chi connectivity index (χ3n) is 5.73. The van der Waals surface area contributed by atoms with Gasteiger partial charge in [-0.2, -0.15) is 0 Å². The Morgan fingerprint density at radius 1 is 1.13 bits per heavy atom. The average molecular weight is 426 g/mol. The zero-order valence-electron chi connectivity index (χ0n) is 18.0. The number of carbonyl (C=O) groups is 1. The number of carbonyl (C=O) groups excluding carboxylic acids is 1. The van der Waals surface area contributed by atoms with E-state index in [0.29, 0.717) is 13.2 Å². The van der Waals surface area contributed by atoms with Crippen LogP contribution in [0.15, 0.2) is 60.0 Å². The summed E-state index contributed by atoms with van der Waals surface area (Å²) < 4.78 is 7.07. The molecule has 0 spiro atoms. The van der Waals surface area contributed by atoms with Crippen molar-refractivity contribution in [3.05, 3.63) is 71.1 Å². The Kier molecular flexibility index (Phi) is 8.02. The lowest BCUT2D eigenvalue weighted by Crippen LogP contribution is -2.51. The molecule has 1 amide bonds. The first-order chi connectivity index (χ1) is 14.5. The molecule has 0 radical (unpaired) electrons. The molecule has 160 valence electrons. The molecule has 3 atom stereocenters. The molecule has 1 N–H and O–H groups in total. The van der Waals surface area contributed by atoms with E-state index >= 15 is 0 Å². The van der Waals surface area contributed by atoms with E-state index in [4.69, 9.17) is 4.74 Å². The first-order valence-electron chi connectivity index (χ1n) is 10.6. The number of amides is 1. The van der Waals surface area contributed by atoms with Crippen LogP contribution >= 0.6 is 11.3 Å². The molecule has 2 aromatic carbocycles. The minimum atomic E-state index is -1.04. The van der Waals surface area contributed by atoms with Crippen molar-refractivity contribution >= 4 is 27.3 Å². The maximum atomic E-state index is 12.6. The zero-order chi connectivity index (χ0) is 21.5. The van der Waals surface area contributed by atoms with Gasteiger partial charge in [0.05, 0.1) is 12.6 Å². The Morgan fingerprint density at radius 3 is 2.53 bits per heavy atom. The third kappa shape index (κ3) is 5.48. The fraction of sp³-hybridized carbons (Fsp3) is 0.400. The van der Waals surface area contributed by atoms with Crippen molar-refractivity contribution in [2.75, 3.05) is 6.54 Å². The maximum absolute atomic E-state index is 12.6. The van der Waals surface area contributed by atoms with Gasteiger partial charge in [0, 0.05) is 18.2 Å². The monoisotopic (exact) mass is 425 g/mol. The lowest BCUT2D eigenvalue weighted by Gasteiger charge is -2.37. The predicted octanol–water partition coefficient (Wildman–Crippen LogP) is 5.24. The first-order valence-corrected chi connectivity index (χ1v) is 11.4. The van der Waals surface area contributed by atoms with E-state index in [1.54, 1.807) is 23.2 Å². The molecule has 0 saturated carbocycles. The molecular formula is C25H31NO3S. The van der Waals surface area contributed by atoms with E-state index in [1.807, 2.05) is 42.5 Å². The number of fused-ring (bicyclic) bond motifs is 1. The normalized spacial score (nSPS) is 14.4. The molecule has 0 aliphatic rings. The van der Waals surface area contributed by atoms with Gasteiger partial charge in [-0.15, -0.1) is 11.3 Å². The highest BCUT2D eigenvalue weighted by molar-refractivity contribution is 7.17. The van der Waals surface area contributed by atoms with Crippen LogP contribution in [0.2, 0.25) is 0 Å². The molecule has 0 aliphatic carbocycles. The van der Waals surface area contributed by atoms with Crippen LogP contribution in [0.1, 0.15) is 38.3 Å². The summed E-state index contributed by atoms with van der Waals surface area (Å²) >= 11 is 1.73. The Morgan fingerprint density at radius 2 is 1.83 bits per heavy atom. The zero-order valence-corrected chi connectivity index (χ0v) is 18.8. The molecule has 5 heteroatoms. The van der Waals surface area contributed by atoms with Gasteiger partial charge in [-0.3, -0.25) is 4.79 Å². The summed E-state index contributed by atoms with van der Waals surface area (Å²) in [4.78, 5) is 14.4. The second-order valence-corrected chi connectivity index (χ2v) is 8.69. The van der Waals surface area contributed by atoms with Crippen LogP contribution in [0.4, 0.5) is 0 Å². The molecule has 1 aromatic heterocycles. The quantitative estimate of drug-likeness (QED) is 0.452. The summed E-state index contributed by atoms with van der Waals surface area (Å²) in [5.74, 6) is 0.0705. The second kappa shape index (κ2) is 10.7. The van der Waals surface area contributed by atoms with Crippen molar-refractivity contribution in [2.45, 2.75) is 52.6 Å². The number of nitrogens with zero attached hydrogens (tertiary/aromatic N) is 1. The third-order valence-corrected chi connectivity index (χ3v) is 6.74. The molecule has 0 fully saturated rings. The van der Waals surface area contributed by atoms with Crippen LogP contribution in [0, 0.1) is 5.92 Å².